The first-order valence-corrected chi connectivity index (χ1v) is 8.09. The van der Waals surface area contributed by atoms with Gasteiger partial charge >= 0.3 is 0 Å². The van der Waals surface area contributed by atoms with Crippen LogP contribution in [0, 0.1) is 0 Å². The molecule has 7 heteroatoms. The first-order chi connectivity index (χ1) is 9.05. The molecule has 0 aliphatic carbocycles. The highest BCUT2D eigenvalue weighted by Gasteiger charge is 2.32. The summed E-state index contributed by atoms with van der Waals surface area (Å²) in [7, 11) is 1.75. The van der Waals surface area contributed by atoms with E-state index in [2.05, 4.69) is 22.5 Å². The number of hydrogen-bond donors (Lipinski definition) is 3. The van der Waals surface area contributed by atoms with Gasteiger partial charge < -0.3 is 20.5 Å². The second-order valence-corrected chi connectivity index (χ2v) is 6.81. The summed E-state index contributed by atoms with van der Waals surface area (Å²) in [5, 5.41) is 16.8. The minimum atomic E-state index is -0.587. The summed E-state index contributed by atoms with van der Waals surface area (Å²) in [6.07, 6.45) is 3.06. The summed E-state index contributed by atoms with van der Waals surface area (Å²) in [6, 6.07) is 0. The minimum Gasteiger partial charge on any atom is -0.387 e. The van der Waals surface area contributed by atoms with Crippen LogP contribution in [0.3, 0.4) is 0 Å². The number of aliphatic imine (C=N–C) groups is 1. The van der Waals surface area contributed by atoms with Gasteiger partial charge in [-0.15, -0.1) is 24.0 Å². The Morgan fingerprint density at radius 2 is 2.10 bits per heavy atom. The van der Waals surface area contributed by atoms with Crippen molar-refractivity contribution in [3.63, 3.8) is 0 Å². The third-order valence-corrected chi connectivity index (χ3v) is 5.06. The molecule has 3 N–H and O–H groups in total. The Morgan fingerprint density at radius 3 is 2.65 bits per heavy atom. The lowest BCUT2D eigenvalue weighted by molar-refractivity contribution is 0.0241. The fraction of sp³-hybridized carbons (Fsp3) is 0.923. The molecule has 0 radical (unpaired) electrons. The van der Waals surface area contributed by atoms with Crippen molar-refractivity contribution in [2.45, 2.75) is 37.4 Å². The fourth-order valence-corrected chi connectivity index (χ4v) is 3.75. The van der Waals surface area contributed by atoms with Gasteiger partial charge in [-0.05, 0) is 31.9 Å². The van der Waals surface area contributed by atoms with E-state index in [4.69, 9.17) is 4.74 Å². The molecule has 2 aliphatic heterocycles. The van der Waals surface area contributed by atoms with E-state index in [1.165, 1.54) is 0 Å². The largest absolute Gasteiger partial charge is 0.387 e. The molecule has 2 aliphatic rings. The van der Waals surface area contributed by atoms with Crippen molar-refractivity contribution in [3.05, 3.63) is 0 Å². The lowest BCUT2D eigenvalue weighted by atomic mass is 10.0. The molecule has 0 aromatic heterocycles. The lowest BCUT2D eigenvalue weighted by Gasteiger charge is -2.26. The quantitative estimate of drug-likeness (QED) is 0.366. The van der Waals surface area contributed by atoms with Crippen molar-refractivity contribution in [2.24, 2.45) is 4.99 Å². The van der Waals surface area contributed by atoms with Crippen LogP contribution < -0.4 is 10.6 Å². The van der Waals surface area contributed by atoms with Crippen molar-refractivity contribution in [2.75, 3.05) is 38.2 Å². The number of ether oxygens (including phenoxy) is 1. The molecule has 0 bridgehead atoms. The summed E-state index contributed by atoms with van der Waals surface area (Å²) >= 11 is 1.80. The smallest absolute Gasteiger partial charge is 0.191 e. The molecule has 2 heterocycles. The highest BCUT2D eigenvalue weighted by atomic mass is 127. The standard InChI is InChI=1S/C13H25N3O2S.HI/c1-12(4-3-6-18-12)8-15-11(14-2)16-9-13(17)5-7-19-10-13;/h17H,3-10H2,1-2H3,(H2,14,15,16);1H. The Labute approximate surface area is 142 Å². The first-order valence-electron chi connectivity index (χ1n) is 6.94. The third kappa shape index (κ3) is 5.23. The molecule has 5 nitrogen and oxygen atoms in total. The number of nitrogens with zero attached hydrogens (tertiary/aromatic N) is 1. The van der Waals surface area contributed by atoms with Crippen molar-refractivity contribution in [1.29, 1.82) is 0 Å². The molecular weight excluding hydrogens is 389 g/mol. The van der Waals surface area contributed by atoms with E-state index in [9.17, 15) is 5.11 Å². The predicted molar refractivity (Wildman–Crippen MR) is 95.3 cm³/mol. The zero-order valence-electron chi connectivity index (χ0n) is 12.3. The van der Waals surface area contributed by atoms with E-state index < -0.39 is 5.60 Å². The zero-order valence-corrected chi connectivity index (χ0v) is 15.4. The molecule has 118 valence electrons. The number of aliphatic hydroxyl groups is 1. The van der Waals surface area contributed by atoms with Crippen molar-refractivity contribution < 1.29 is 9.84 Å². The molecule has 0 spiro atoms. The van der Waals surface area contributed by atoms with Crippen LogP contribution in [0.5, 0.6) is 0 Å². The van der Waals surface area contributed by atoms with Gasteiger partial charge in [0.1, 0.15) is 0 Å². The van der Waals surface area contributed by atoms with Gasteiger partial charge in [0.15, 0.2) is 5.96 Å². The zero-order chi connectivity index (χ0) is 13.8. The van der Waals surface area contributed by atoms with Gasteiger partial charge in [-0.1, -0.05) is 0 Å². The number of rotatable bonds is 4. The second-order valence-electron chi connectivity index (χ2n) is 5.71. The molecule has 2 fully saturated rings. The molecule has 0 aromatic carbocycles. The van der Waals surface area contributed by atoms with Gasteiger partial charge in [0, 0.05) is 32.5 Å². The average molecular weight is 415 g/mol. The predicted octanol–water partition coefficient (Wildman–Crippen LogP) is 1.21. The Balaban J connectivity index is 0.00000200. The maximum atomic E-state index is 10.3. The molecular formula is C13H26IN3O2S. The van der Waals surface area contributed by atoms with E-state index in [1.807, 2.05) is 0 Å². The van der Waals surface area contributed by atoms with E-state index in [0.717, 1.165) is 49.9 Å². The number of guanidine groups is 1. The van der Waals surface area contributed by atoms with Crippen LogP contribution in [0.2, 0.25) is 0 Å². The van der Waals surface area contributed by atoms with Crippen LogP contribution in [0.15, 0.2) is 4.99 Å². The van der Waals surface area contributed by atoms with Gasteiger partial charge in [0.05, 0.1) is 11.2 Å². The number of nitrogens with one attached hydrogen (secondary N) is 2. The Bertz CT molecular complexity index is 302. The Hall–Kier alpha value is 0.270. The van der Waals surface area contributed by atoms with Crippen molar-refractivity contribution in [3.8, 4) is 0 Å². The van der Waals surface area contributed by atoms with Crippen LogP contribution in [-0.4, -0.2) is 60.5 Å². The van der Waals surface area contributed by atoms with Crippen LogP contribution in [0.1, 0.15) is 26.2 Å². The van der Waals surface area contributed by atoms with E-state index in [0.29, 0.717) is 6.54 Å². The number of thioether (sulfide) groups is 1. The molecule has 0 amide bonds. The SMILES string of the molecule is CN=C(NCC1(O)CCSC1)NCC1(C)CCCO1.I. The third-order valence-electron chi connectivity index (χ3n) is 3.82. The summed E-state index contributed by atoms with van der Waals surface area (Å²) in [5.41, 5.74) is -0.673. The molecule has 0 aromatic rings. The Morgan fingerprint density at radius 1 is 1.35 bits per heavy atom. The second kappa shape index (κ2) is 8.05. The van der Waals surface area contributed by atoms with Gasteiger partial charge in [-0.25, -0.2) is 0 Å². The summed E-state index contributed by atoms with van der Waals surface area (Å²) in [5.74, 6) is 2.58. The highest BCUT2D eigenvalue weighted by molar-refractivity contribution is 14.0. The molecule has 2 atom stereocenters. The van der Waals surface area contributed by atoms with Crippen LogP contribution in [-0.2, 0) is 4.74 Å². The Kier molecular flexibility index (Phi) is 7.37. The topological polar surface area (TPSA) is 65.9 Å². The lowest BCUT2D eigenvalue weighted by Crippen LogP contribution is -2.50. The van der Waals surface area contributed by atoms with Crippen LogP contribution in [0.4, 0.5) is 0 Å². The fourth-order valence-electron chi connectivity index (χ4n) is 2.45. The van der Waals surface area contributed by atoms with Crippen molar-refractivity contribution in [1.82, 2.24) is 10.6 Å². The first kappa shape index (κ1) is 18.3. The molecule has 20 heavy (non-hydrogen) atoms. The molecule has 2 saturated heterocycles. The number of halogens is 1. The maximum absolute atomic E-state index is 10.3. The molecule has 2 rings (SSSR count). The van der Waals surface area contributed by atoms with Gasteiger partial charge in [0.2, 0.25) is 0 Å². The van der Waals surface area contributed by atoms with Crippen LogP contribution >= 0.6 is 35.7 Å². The van der Waals surface area contributed by atoms with E-state index in [1.54, 1.807) is 18.8 Å². The monoisotopic (exact) mass is 415 g/mol. The number of hydrogen-bond acceptors (Lipinski definition) is 4. The maximum Gasteiger partial charge on any atom is 0.191 e. The average Bonchev–Trinajstić information content (AvgIpc) is 3.00. The van der Waals surface area contributed by atoms with E-state index >= 15 is 0 Å². The summed E-state index contributed by atoms with van der Waals surface area (Å²) in [6.45, 7) is 4.28. The van der Waals surface area contributed by atoms with E-state index in [-0.39, 0.29) is 29.6 Å². The van der Waals surface area contributed by atoms with Gasteiger partial charge in [-0.3, -0.25) is 4.99 Å². The molecule has 2 unspecified atom stereocenters. The van der Waals surface area contributed by atoms with Crippen molar-refractivity contribution >= 4 is 41.7 Å². The van der Waals surface area contributed by atoms with Gasteiger partial charge in [-0.2, -0.15) is 11.8 Å². The summed E-state index contributed by atoms with van der Waals surface area (Å²) in [4.78, 5) is 4.19. The van der Waals surface area contributed by atoms with Crippen LogP contribution in [0.25, 0.3) is 0 Å². The minimum absolute atomic E-state index is 0. The summed E-state index contributed by atoms with van der Waals surface area (Å²) < 4.78 is 5.74. The molecule has 0 saturated carbocycles. The normalized spacial score (nSPS) is 33.9. The van der Waals surface area contributed by atoms with Gasteiger partial charge in [0.25, 0.3) is 0 Å². The highest BCUT2D eigenvalue weighted by Crippen LogP contribution is 2.27.